The van der Waals surface area contributed by atoms with E-state index in [1.165, 1.54) is 5.56 Å². The van der Waals surface area contributed by atoms with Crippen LogP contribution in [0.5, 0.6) is 0 Å². The summed E-state index contributed by atoms with van der Waals surface area (Å²) < 4.78 is 1.97. The van der Waals surface area contributed by atoms with Gasteiger partial charge in [0.1, 0.15) is 5.10 Å². The van der Waals surface area contributed by atoms with Gasteiger partial charge in [-0.3, -0.25) is 0 Å². The van der Waals surface area contributed by atoms with E-state index in [2.05, 4.69) is 39.8 Å². The Bertz CT molecular complexity index is 632. The van der Waals surface area contributed by atoms with Gasteiger partial charge in [-0.15, -0.1) is 0 Å². The standard InChI is InChI=1S/C15H14N4/c1-3-7-13(8-4-1)11-12-19-15(16-17-18-19)14-9-5-2-6-10-14/h1-10H,11-12H2/p+1. The normalized spacial score (nSPS) is 10.5. The lowest BCUT2D eigenvalue weighted by Gasteiger charge is -2.00. The second kappa shape index (κ2) is 5.44. The number of aromatic amines is 1. The molecule has 0 aliphatic rings. The van der Waals surface area contributed by atoms with E-state index >= 15 is 0 Å². The van der Waals surface area contributed by atoms with E-state index in [0.717, 1.165) is 24.4 Å². The highest BCUT2D eigenvalue weighted by molar-refractivity contribution is 5.50. The van der Waals surface area contributed by atoms with Crippen LogP contribution in [0.25, 0.3) is 11.4 Å². The highest BCUT2D eigenvalue weighted by atomic mass is 15.5. The summed E-state index contributed by atoms with van der Waals surface area (Å²) in [5.74, 6) is 0.872. The summed E-state index contributed by atoms with van der Waals surface area (Å²) in [6, 6.07) is 20.5. The highest BCUT2D eigenvalue weighted by Crippen LogP contribution is 2.10. The van der Waals surface area contributed by atoms with Crippen LogP contribution in [-0.2, 0) is 13.0 Å². The molecule has 0 saturated heterocycles. The van der Waals surface area contributed by atoms with Crippen LogP contribution in [0.4, 0.5) is 0 Å². The fourth-order valence-corrected chi connectivity index (χ4v) is 2.07. The van der Waals surface area contributed by atoms with Crippen molar-refractivity contribution in [1.29, 1.82) is 0 Å². The molecule has 0 atom stereocenters. The van der Waals surface area contributed by atoms with Crippen molar-refractivity contribution < 1.29 is 4.68 Å². The number of aromatic nitrogens is 4. The average molecular weight is 251 g/mol. The molecule has 1 N–H and O–H groups in total. The van der Waals surface area contributed by atoms with Crippen LogP contribution in [-0.4, -0.2) is 15.5 Å². The van der Waals surface area contributed by atoms with E-state index in [-0.39, 0.29) is 0 Å². The monoisotopic (exact) mass is 251 g/mol. The van der Waals surface area contributed by atoms with Crippen molar-refractivity contribution >= 4 is 0 Å². The third-order valence-corrected chi connectivity index (χ3v) is 3.06. The van der Waals surface area contributed by atoms with Crippen molar-refractivity contribution in [3.63, 3.8) is 0 Å². The van der Waals surface area contributed by atoms with E-state index in [1.807, 2.05) is 41.1 Å². The third kappa shape index (κ3) is 2.68. The van der Waals surface area contributed by atoms with Gasteiger partial charge in [0.2, 0.25) is 0 Å². The van der Waals surface area contributed by atoms with Crippen LogP contribution in [0.1, 0.15) is 5.56 Å². The van der Waals surface area contributed by atoms with Gasteiger partial charge in [0, 0.05) is 6.42 Å². The summed E-state index contributed by atoms with van der Waals surface area (Å²) in [6.45, 7) is 0.835. The zero-order valence-corrected chi connectivity index (χ0v) is 10.5. The first-order valence-corrected chi connectivity index (χ1v) is 6.34. The molecule has 0 bridgehead atoms. The molecule has 94 valence electrons. The average Bonchev–Trinajstić information content (AvgIpc) is 2.95. The number of H-pyrrole nitrogens is 1. The maximum atomic E-state index is 4.16. The predicted molar refractivity (Wildman–Crippen MR) is 72.2 cm³/mol. The lowest BCUT2D eigenvalue weighted by atomic mass is 10.1. The van der Waals surface area contributed by atoms with Crippen LogP contribution in [0.3, 0.4) is 0 Å². The van der Waals surface area contributed by atoms with Gasteiger partial charge in [0.05, 0.1) is 12.1 Å². The first-order valence-electron chi connectivity index (χ1n) is 6.34. The maximum absolute atomic E-state index is 4.16. The molecule has 2 aromatic carbocycles. The molecule has 0 spiro atoms. The molecule has 3 aromatic rings. The molecule has 1 aromatic heterocycles. The fraction of sp³-hybridized carbons (Fsp3) is 0.133. The Morgan fingerprint density at radius 3 is 2.32 bits per heavy atom. The van der Waals surface area contributed by atoms with Gasteiger partial charge in [-0.25, -0.2) is 0 Å². The number of benzene rings is 2. The first kappa shape index (κ1) is 11.6. The summed E-state index contributed by atoms with van der Waals surface area (Å²) in [7, 11) is 0. The van der Waals surface area contributed by atoms with Crippen LogP contribution in [0.2, 0.25) is 0 Å². The minimum Gasteiger partial charge on any atom is -0.158 e. The van der Waals surface area contributed by atoms with Gasteiger partial charge in [0.25, 0.3) is 0 Å². The Morgan fingerprint density at radius 2 is 1.58 bits per heavy atom. The van der Waals surface area contributed by atoms with Crippen LogP contribution < -0.4 is 4.68 Å². The molecule has 4 nitrogen and oxygen atoms in total. The number of rotatable bonds is 4. The van der Waals surface area contributed by atoms with Gasteiger partial charge in [-0.2, -0.15) is 4.68 Å². The summed E-state index contributed by atoms with van der Waals surface area (Å²) in [4.78, 5) is 0. The largest absolute Gasteiger partial charge is 0.331 e. The maximum Gasteiger partial charge on any atom is 0.331 e. The Balaban J connectivity index is 1.78. The minimum atomic E-state index is 0.835. The molecule has 3 rings (SSSR count). The quantitative estimate of drug-likeness (QED) is 0.721. The van der Waals surface area contributed by atoms with Gasteiger partial charge in [0.15, 0.2) is 5.21 Å². The molecule has 0 fully saturated rings. The lowest BCUT2D eigenvalue weighted by molar-refractivity contribution is -0.744. The number of nitrogens with zero attached hydrogens (tertiary/aromatic N) is 3. The van der Waals surface area contributed by atoms with Gasteiger partial charge in [-0.05, 0) is 17.7 Å². The number of hydrogen-bond acceptors (Lipinski definition) is 2. The SMILES string of the molecule is c1ccc(CC[n+]2[nH]nnc2-c2ccccc2)cc1. The second-order valence-corrected chi connectivity index (χ2v) is 4.38. The van der Waals surface area contributed by atoms with Crippen molar-refractivity contribution in [2.45, 2.75) is 13.0 Å². The second-order valence-electron chi connectivity index (χ2n) is 4.38. The molecule has 0 unspecified atom stereocenters. The molecule has 0 aliphatic heterocycles. The van der Waals surface area contributed by atoms with Crippen LogP contribution in [0.15, 0.2) is 60.7 Å². The number of nitrogens with one attached hydrogen (secondary N) is 1. The van der Waals surface area contributed by atoms with Crippen molar-refractivity contribution in [1.82, 2.24) is 15.5 Å². The van der Waals surface area contributed by atoms with Crippen LogP contribution >= 0.6 is 0 Å². The molecular formula is C15H15N4+. The fourth-order valence-electron chi connectivity index (χ4n) is 2.07. The smallest absolute Gasteiger partial charge is 0.158 e. The van der Waals surface area contributed by atoms with Crippen molar-refractivity contribution in [3.8, 4) is 11.4 Å². The van der Waals surface area contributed by atoms with E-state index in [4.69, 9.17) is 0 Å². The number of aryl methyl sites for hydroxylation is 2. The molecular weight excluding hydrogens is 236 g/mol. The summed E-state index contributed by atoms with van der Waals surface area (Å²) in [5.41, 5.74) is 2.38. The molecule has 0 radical (unpaired) electrons. The molecule has 0 saturated carbocycles. The third-order valence-electron chi connectivity index (χ3n) is 3.06. The number of hydrogen-bond donors (Lipinski definition) is 1. The van der Waals surface area contributed by atoms with E-state index in [0.29, 0.717) is 0 Å². The molecule has 19 heavy (non-hydrogen) atoms. The highest BCUT2D eigenvalue weighted by Gasteiger charge is 2.15. The Morgan fingerprint density at radius 1 is 0.895 bits per heavy atom. The summed E-state index contributed by atoms with van der Waals surface area (Å²) in [6.07, 6.45) is 0.954. The topological polar surface area (TPSA) is 45.5 Å². The zero-order chi connectivity index (χ0) is 12.9. The van der Waals surface area contributed by atoms with Crippen LogP contribution in [0, 0.1) is 0 Å². The molecule has 0 amide bonds. The van der Waals surface area contributed by atoms with Crippen molar-refractivity contribution in [2.24, 2.45) is 0 Å². The van der Waals surface area contributed by atoms with Gasteiger partial charge < -0.3 is 0 Å². The molecule has 1 heterocycles. The summed E-state index contributed by atoms with van der Waals surface area (Å²) in [5, 5.41) is 11.0. The van der Waals surface area contributed by atoms with Gasteiger partial charge in [-0.1, -0.05) is 53.7 Å². The zero-order valence-electron chi connectivity index (χ0n) is 10.5. The van der Waals surface area contributed by atoms with E-state index < -0.39 is 0 Å². The lowest BCUT2D eigenvalue weighted by Crippen LogP contribution is -2.39. The van der Waals surface area contributed by atoms with E-state index in [9.17, 15) is 0 Å². The molecule has 0 aliphatic carbocycles. The Kier molecular flexibility index (Phi) is 3.32. The van der Waals surface area contributed by atoms with Gasteiger partial charge >= 0.3 is 5.82 Å². The first-order chi connectivity index (χ1) is 9.43. The Labute approximate surface area is 111 Å². The molecule has 4 heteroatoms. The summed E-state index contributed by atoms with van der Waals surface area (Å²) >= 11 is 0. The Hall–Kier alpha value is -2.49. The minimum absolute atomic E-state index is 0.835. The predicted octanol–water partition coefficient (Wildman–Crippen LogP) is 2.00. The number of tetrazole rings is 1. The van der Waals surface area contributed by atoms with E-state index in [1.54, 1.807) is 0 Å². The van der Waals surface area contributed by atoms with Crippen molar-refractivity contribution in [3.05, 3.63) is 66.2 Å². The van der Waals surface area contributed by atoms with Crippen molar-refractivity contribution in [2.75, 3.05) is 0 Å².